The summed E-state index contributed by atoms with van der Waals surface area (Å²) < 4.78 is 18.8. The molecule has 4 atom stereocenters. The van der Waals surface area contributed by atoms with Crippen LogP contribution < -0.4 is 20.9 Å². The molecule has 0 amide bonds. The summed E-state index contributed by atoms with van der Waals surface area (Å²) in [5, 5.41) is 15.2. The second-order valence-corrected chi connectivity index (χ2v) is 8.37. The highest BCUT2D eigenvalue weighted by atomic mass is 31.2. The van der Waals surface area contributed by atoms with Crippen molar-refractivity contribution in [2.24, 2.45) is 0 Å². The molecule has 2 aromatic carbocycles. The van der Waals surface area contributed by atoms with Gasteiger partial charge in [-0.1, -0.05) is 36.4 Å². The van der Waals surface area contributed by atoms with Gasteiger partial charge in [-0.25, -0.2) is 9.88 Å². The molecule has 0 radical (unpaired) electrons. The molecule has 0 saturated carbocycles. The first-order chi connectivity index (χ1) is 15.5. The van der Waals surface area contributed by atoms with Gasteiger partial charge in [0.05, 0.1) is 19.3 Å². The minimum atomic E-state index is -1.72. The van der Waals surface area contributed by atoms with Gasteiger partial charge < -0.3 is 23.7 Å². The van der Waals surface area contributed by atoms with Crippen molar-refractivity contribution in [2.45, 2.75) is 24.9 Å². The molecule has 0 aliphatic carbocycles. The third kappa shape index (κ3) is 5.12. The van der Waals surface area contributed by atoms with Crippen molar-refractivity contribution < 1.29 is 23.7 Å². The van der Waals surface area contributed by atoms with E-state index in [9.17, 15) is 19.5 Å². The van der Waals surface area contributed by atoms with Gasteiger partial charge in [-0.2, -0.15) is 0 Å². The normalized spacial score (nSPS) is 21.5. The fraction of sp³-hybridized carbons (Fsp3) is 0.286. The second kappa shape index (κ2) is 10.2. The molecular weight excluding hydrogens is 437 g/mol. The maximum Gasteiger partial charge on any atom is 0.330 e. The Kier molecular flexibility index (Phi) is 7.09. The van der Waals surface area contributed by atoms with E-state index in [4.69, 9.17) is 13.8 Å². The van der Waals surface area contributed by atoms with Crippen molar-refractivity contribution in [3.63, 3.8) is 0 Å². The Morgan fingerprint density at radius 3 is 2.84 bits per heavy atom. The van der Waals surface area contributed by atoms with Crippen molar-refractivity contribution >= 4 is 25.6 Å². The quantitative estimate of drug-likeness (QED) is 0.324. The monoisotopic (exact) mass is 459 g/mol. The van der Waals surface area contributed by atoms with Crippen LogP contribution in [0.25, 0.3) is 10.8 Å². The Morgan fingerprint density at radius 1 is 1.22 bits per heavy atom. The summed E-state index contributed by atoms with van der Waals surface area (Å²) in [6.45, 7) is -0.00194. The van der Waals surface area contributed by atoms with Gasteiger partial charge in [0.1, 0.15) is 24.4 Å². The van der Waals surface area contributed by atoms with Gasteiger partial charge in [-0.3, -0.25) is 14.3 Å². The number of benzene rings is 2. The van der Waals surface area contributed by atoms with Crippen LogP contribution >= 0.6 is 8.53 Å². The predicted octanol–water partition coefficient (Wildman–Crippen LogP) is 1.45. The van der Waals surface area contributed by atoms with Crippen molar-refractivity contribution in [3.05, 3.63) is 75.6 Å². The number of nitrogens with one attached hydrogen (secondary N) is 2. The number of aldehydes is 1. The lowest BCUT2D eigenvalue weighted by Gasteiger charge is -2.21. The minimum Gasteiger partial charge on any atom is -0.435 e. The molecule has 32 heavy (non-hydrogen) atoms. The van der Waals surface area contributed by atoms with E-state index in [2.05, 4.69) is 10.1 Å². The van der Waals surface area contributed by atoms with Crippen LogP contribution in [0.2, 0.25) is 0 Å². The van der Waals surface area contributed by atoms with Crippen LogP contribution in [0, 0.1) is 0 Å². The standard InChI is InChI=1S/C21H22N3O7P/c25-11-9-22-32(31-17-7-3-5-14-4-1-2-6-15(14)17)29-13-18-16(26)12-20(30-18)24-10-8-19(27)23-21(24)28/h1-8,10-11,16,18,20,22,26H,9,12-13H2,(H,23,27,28). The predicted molar refractivity (Wildman–Crippen MR) is 117 cm³/mol. The molecule has 1 aliphatic heterocycles. The number of aromatic nitrogens is 2. The number of H-pyrrole nitrogens is 1. The van der Waals surface area contributed by atoms with E-state index < -0.39 is 38.2 Å². The van der Waals surface area contributed by atoms with Crippen LogP contribution in [0.1, 0.15) is 12.6 Å². The number of aromatic amines is 1. The van der Waals surface area contributed by atoms with Gasteiger partial charge in [-0.15, -0.1) is 0 Å². The molecule has 1 fully saturated rings. The van der Waals surface area contributed by atoms with Gasteiger partial charge in [0.25, 0.3) is 5.56 Å². The topological polar surface area (TPSA) is 132 Å². The molecule has 1 saturated heterocycles. The summed E-state index contributed by atoms with van der Waals surface area (Å²) in [4.78, 5) is 36.3. The zero-order chi connectivity index (χ0) is 22.5. The molecule has 1 aliphatic rings. The van der Waals surface area contributed by atoms with E-state index in [1.807, 2.05) is 42.5 Å². The van der Waals surface area contributed by atoms with Gasteiger partial charge in [0.2, 0.25) is 0 Å². The van der Waals surface area contributed by atoms with Crippen LogP contribution in [0.15, 0.2) is 64.3 Å². The highest BCUT2D eigenvalue weighted by molar-refractivity contribution is 7.45. The van der Waals surface area contributed by atoms with E-state index in [-0.39, 0.29) is 19.6 Å². The Balaban J connectivity index is 1.43. The number of aliphatic hydroxyl groups is 1. The first kappa shape index (κ1) is 22.3. The fourth-order valence-electron chi connectivity index (χ4n) is 3.41. The van der Waals surface area contributed by atoms with E-state index in [0.29, 0.717) is 12.0 Å². The number of aliphatic hydroxyl groups excluding tert-OH is 1. The number of rotatable bonds is 9. The van der Waals surface area contributed by atoms with Gasteiger partial charge in [0, 0.05) is 24.1 Å². The molecule has 1 aromatic heterocycles. The van der Waals surface area contributed by atoms with E-state index in [0.717, 1.165) is 10.8 Å². The maximum absolute atomic E-state index is 12.0. The van der Waals surface area contributed by atoms with Crippen LogP contribution in [-0.4, -0.2) is 46.3 Å². The second-order valence-electron chi connectivity index (χ2n) is 7.10. The molecule has 4 unspecified atom stereocenters. The Labute approximate surface area is 183 Å². The number of fused-ring (bicyclic) bond motifs is 1. The third-order valence-corrected chi connectivity index (χ3v) is 6.14. The van der Waals surface area contributed by atoms with Crippen molar-refractivity contribution in [1.29, 1.82) is 0 Å². The van der Waals surface area contributed by atoms with Crippen LogP contribution in [0.4, 0.5) is 0 Å². The molecule has 3 N–H and O–H groups in total. The average Bonchev–Trinajstić information content (AvgIpc) is 3.15. The zero-order valence-corrected chi connectivity index (χ0v) is 17.8. The number of hydrogen-bond acceptors (Lipinski definition) is 8. The average molecular weight is 459 g/mol. The first-order valence-corrected chi connectivity index (χ1v) is 11.1. The summed E-state index contributed by atoms with van der Waals surface area (Å²) in [6.07, 6.45) is -0.174. The molecule has 168 valence electrons. The van der Waals surface area contributed by atoms with Crippen molar-refractivity contribution in [3.8, 4) is 5.75 Å². The van der Waals surface area contributed by atoms with E-state index >= 15 is 0 Å². The number of nitrogens with zero attached hydrogens (tertiary/aromatic N) is 1. The van der Waals surface area contributed by atoms with Crippen molar-refractivity contribution in [1.82, 2.24) is 14.6 Å². The van der Waals surface area contributed by atoms with E-state index in [1.165, 1.54) is 16.8 Å². The molecule has 0 spiro atoms. The van der Waals surface area contributed by atoms with Crippen LogP contribution in [0.3, 0.4) is 0 Å². The molecular formula is C21H22N3O7P. The Morgan fingerprint density at radius 2 is 2.03 bits per heavy atom. The highest BCUT2D eigenvalue weighted by Gasteiger charge is 2.36. The minimum absolute atomic E-state index is 0.0277. The maximum atomic E-state index is 12.0. The van der Waals surface area contributed by atoms with Crippen LogP contribution in [-0.2, 0) is 14.1 Å². The van der Waals surface area contributed by atoms with Gasteiger partial charge >= 0.3 is 14.2 Å². The zero-order valence-electron chi connectivity index (χ0n) is 16.9. The lowest BCUT2D eigenvalue weighted by Crippen LogP contribution is -2.32. The Hall–Kier alpha value is -2.88. The molecule has 2 heterocycles. The van der Waals surface area contributed by atoms with Crippen LogP contribution in [0.5, 0.6) is 5.75 Å². The Bertz CT molecular complexity index is 1190. The summed E-state index contributed by atoms with van der Waals surface area (Å²) in [5.41, 5.74) is -1.13. The number of carbonyl (C=O) groups is 1. The number of carbonyl (C=O) groups excluding carboxylic acids is 1. The molecule has 11 heteroatoms. The summed E-state index contributed by atoms with van der Waals surface area (Å²) in [5.74, 6) is 0.596. The summed E-state index contributed by atoms with van der Waals surface area (Å²) in [7, 11) is -1.72. The molecule has 4 rings (SSSR count). The third-order valence-electron chi connectivity index (χ3n) is 4.96. The van der Waals surface area contributed by atoms with Gasteiger partial charge in [0.15, 0.2) is 0 Å². The number of ether oxygens (including phenoxy) is 1. The smallest absolute Gasteiger partial charge is 0.330 e. The highest BCUT2D eigenvalue weighted by Crippen LogP contribution is 2.40. The lowest BCUT2D eigenvalue weighted by atomic mass is 10.1. The van der Waals surface area contributed by atoms with E-state index in [1.54, 1.807) is 0 Å². The summed E-state index contributed by atoms with van der Waals surface area (Å²) >= 11 is 0. The van der Waals surface area contributed by atoms with Crippen molar-refractivity contribution in [2.75, 3.05) is 13.2 Å². The fourth-order valence-corrected chi connectivity index (χ4v) is 4.46. The molecule has 3 aromatic rings. The number of hydrogen-bond donors (Lipinski definition) is 3. The SMILES string of the molecule is O=CCNP(OCC1OC(n2ccc(=O)[nH]c2=O)CC1O)Oc1cccc2ccccc12. The van der Waals surface area contributed by atoms with Gasteiger partial charge in [-0.05, 0) is 11.5 Å². The largest absolute Gasteiger partial charge is 0.435 e. The summed E-state index contributed by atoms with van der Waals surface area (Å²) in [6, 6.07) is 14.6. The first-order valence-electron chi connectivity index (χ1n) is 9.96. The molecule has 10 nitrogen and oxygen atoms in total. The molecule has 0 bridgehead atoms. The lowest BCUT2D eigenvalue weighted by molar-refractivity contribution is -0.107.